The normalized spacial score (nSPS) is 13.9. The number of halogens is 1. The number of piperazine rings is 1. The van der Waals surface area contributed by atoms with E-state index in [0.29, 0.717) is 48.9 Å². The lowest BCUT2D eigenvalue weighted by molar-refractivity contribution is -0.117. The van der Waals surface area contributed by atoms with Gasteiger partial charge in [0.15, 0.2) is 11.5 Å². The van der Waals surface area contributed by atoms with Gasteiger partial charge < -0.3 is 24.8 Å². The number of carbonyl (C=O) groups is 2. The van der Waals surface area contributed by atoms with E-state index in [-0.39, 0.29) is 36.5 Å². The second-order valence-corrected chi connectivity index (χ2v) is 6.70. The number of phenols is 1. The molecular weight excluding hydrogens is 410 g/mol. The van der Waals surface area contributed by atoms with Gasteiger partial charge in [-0.3, -0.25) is 14.5 Å². The van der Waals surface area contributed by atoms with Crippen molar-refractivity contribution in [2.75, 3.05) is 52.3 Å². The first kappa shape index (κ1) is 23.3. The number of benzene rings is 2. The summed E-state index contributed by atoms with van der Waals surface area (Å²) in [6, 6.07) is 11.7. The number of ether oxygens (including phenoxy) is 2. The molecule has 0 radical (unpaired) electrons. The molecule has 2 N–H and O–H groups in total. The van der Waals surface area contributed by atoms with E-state index in [4.69, 9.17) is 9.47 Å². The summed E-state index contributed by atoms with van der Waals surface area (Å²) >= 11 is 0. The van der Waals surface area contributed by atoms with Crippen LogP contribution in [0.15, 0.2) is 42.5 Å². The number of hydrogen-bond donors (Lipinski definition) is 2. The molecular formula is C21H26ClN3O5. The van der Waals surface area contributed by atoms with Crippen LogP contribution < -0.4 is 14.8 Å². The molecule has 1 aliphatic heterocycles. The van der Waals surface area contributed by atoms with Crippen molar-refractivity contribution in [1.82, 2.24) is 9.80 Å². The van der Waals surface area contributed by atoms with Crippen molar-refractivity contribution in [2.45, 2.75) is 0 Å². The SMILES string of the molecule is COc1ccc(C(=O)N2CCN(CC(=O)Nc3ccccc3O)CC2)cc1OC.Cl. The van der Waals surface area contributed by atoms with Gasteiger partial charge in [0.1, 0.15) is 5.75 Å². The molecule has 0 saturated carbocycles. The van der Waals surface area contributed by atoms with Crippen LogP contribution in [0.25, 0.3) is 0 Å². The van der Waals surface area contributed by atoms with E-state index in [2.05, 4.69) is 5.32 Å². The van der Waals surface area contributed by atoms with Crippen LogP contribution in [0.5, 0.6) is 17.2 Å². The molecule has 0 aromatic heterocycles. The second-order valence-electron chi connectivity index (χ2n) is 6.70. The molecule has 1 aliphatic rings. The number of hydrogen-bond acceptors (Lipinski definition) is 6. The van der Waals surface area contributed by atoms with Gasteiger partial charge in [-0.25, -0.2) is 0 Å². The Hall–Kier alpha value is -2.97. The van der Waals surface area contributed by atoms with E-state index < -0.39 is 0 Å². The monoisotopic (exact) mass is 435 g/mol. The molecule has 9 heteroatoms. The highest BCUT2D eigenvalue weighted by Gasteiger charge is 2.24. The summed E-state index contributed by atoms with van der Waals surface area (Å²) in [5, 5.41) is 12.5. The van der Waals surface area contributed by atoms with Crippen molar-refractivity contribution in [2.24, 2.45) is 0 Å². The summed E-state index contributed by atoms with van der Waals surface area (Å²) < 4.78 is 10.5. The molecule has 3 rings (SSSR count). The van der Waals surface area contributed by atoms with Gasteiger partial charge in [0, 0.05) is 31.7 Å². The molecule has 1 saturated heterocycles. The Kier molecular flexibility index (Phi) is 8.32. The van der Waals surface area contributed by atoms with Gasteiger partial charge in [-0.15, -0.1) is 12.4 Å². The molecule has 2 aromatic rings. The fourth-order valence-corrected chi connectivity index (χ4v) is 3.23. The Morgan fingerprint density at radius 3 is 2.30 bits per heavy atom. The lowest BCUT2D eigenvalue weighted by Gasteiger charge is -2.34. The maximum absolute atomic E-state index is 12.8. The van der Waals surface area contributed by atoms with Crippen molar-refractivity contribution in [1.29, 1.82) is 0 Å². The lowest BCUT2D eigenvalue weighted by Crippen LogP contribution is -2.50. The van der Waals surface area contributed by atoms with Crippen molar-refractivity contribution in [3.05, 3.63) is 48.0 Å². The summed E-state index contributed by atoms with van der Waals surface area (Å²) in [7, 11) is 3.08. The minimum atomic E-state index is -0.203. The Bertz CT molecular complexity index is 885. The third-order valence-corrected chi connectivity index (χ3v) is 4.84. The van der Waals surface area contributed by atoms with Crippen molar-refractivity contribution in [3.63, 3.8) is 0 Å². The van der Waals surface area contributed by atoms with Crippen LogP contribution in [0.2, 0.25) is 0 Å². The summed E-state index contributed by atoms with van der Waals surface area (Å²) in [6.07, 6.45) is 0. The number of amides is 2. The summed E-state index contributed by atoms with van der Waals surface area (Å²) in [5.74, 6) is 0.837. The van der Waals surface area contributed by atoms with Gasteiger partial charge in [0.05, 0.1) is 26.5 Å². The summed E-state index contributed by atoms with van der Waals surface area (Å²) in [4.78, 5) is 28.8. The lowest BCUT2D eigenvalue weighted by atomic mass is 10.1. The van der Waals surface area contributed by atoms with Crippen molar-refractivity contribution in [3.8, 4) is 17.2 Å². The number of nitrogens with one attached hydrogen (secondary N) is 1. The third kappa shape index (κ3) is 5.55. The molecule has 2 amide bonds. The fourth-order valence-electron chi connectivity index (χ4n) is 3.23. The van der Waals surface area contributed by atoms with Gasteiger partial charge in [-0.05, 0) is 30.3 Å². The smallest absolute Gasteiger partial charge is 0.254 e. The minimum Gasteiger partial charge on any atom is -0.506 e. The molecule has 30 heavy (non-hydrogen) atoms. The maximum atomic E-state index is 12.8. The standard InChI is InChI=1S/C21H25N3O5.ClH/c1-28-18-8-7-15(13-19(18)29-2)21(27)24-11-9-23(10-12-24)14-20(26)22-16-5-3-4-6-17(16)25;/h3-8,13,25H,9-12,14H2,1-2H3,(H,22,26);1H. The summed E-state index contributed by atoms with van der Waals surface area (Å²) in [6.45, 7) is 2.43. The van der Waals surface area contributed by atoms with Crippen LogP contribution >= 0.6 is 12.4 Å². The van der Waals surface area contributed by atoms with Gasteiger partial charge in [0.25, 0.3) is 5.91 Å². The second kappa shape index (κ2) is 10.7. The molecule has 2 aromatic carbocycles. The van der Waals surface area contributed by atoms with Crippen molar-refractivity contribution >= 4 is 29.9 Å². The first-order chi connectivity index (χ1) is 14.0. The Balaban J connectivity index is 0.00000320. The first-order valence-electron chi connectivity index (χ1n) is 9.33. The average molecular weight is 436 g/mol. The number of nitrogens with zero attached hydrogens (tertiary/aromatic N) is 2. The largest absolute Gasteiger partial charge is 0.506 e. The minimum absolute atomic E-state index is 0. The predicted octanol–water partition coefficient (Wildman–Crippen LogP) is 2.23. The van der Waals surface area contributed by atoms with E-state index >= 15 is 0 Å². The zero-order chi connectivity index (χ0) is 20.8. The number of aromatic hydroxyl groups is 1. The Labute approximate surface area is 181 Å². The highest BCUT2D eigenvalue weighted by molar-refractivity contribution is 5.95. The zero-order valence-corrected chi connectivity index (χ0v) is 17.8. The molecule has 1 heterocycles. The molecule has 0 unspecified atom stereocenters. The molecule has 0 bridgehead atoms. The Morgan fingerprint density at radius 2 is 1.67 bits per heavy atom. The third-order valence-electron chi connectivity index (χ3n) is 4.84. The van der Waals surface area contributed by atoms with E-state index in [0.717, 1.165) is 0 Å². The van der Waals surface area contributed by atoms with E-state index in [1.54, 1.807) is 48.4 Å². The zero-order valence-electron chi connectivity index (χ0n) is 17.0. The number of methoxy groups -OCH3 is 2. The number of carbonyl (C=O) groups excluding carboxylic acids is 2. The van der Waals surface area contributed by atoms with Gasteiger partial charge in [-0.2, -0.15) is 0 Å². The number of para-hydroxylation sites is 2. The molecule has 0 spiro atoms. The van der Waals surface area contributed by atoms with Crippen LogP contribution in [0.4, 0.5) is 5.69 Å². The van der Waals surface area contributed by atoms with Crippen LogP contribution in [-0.2, 0) is 4.79 Å². The topological polar surface area (TPSA) is 91.3 Å². The van der Waals surface area contributed by atoms with Crippen molar-refractivity contribution < 1.29 is 24.2 Å². The number of anilines is 1. The van der Waals surface area contributed by atoms with Gasteiger partial charge in [-0.1, -0.05) is 12.1 Å². The molecule has 162 valence electrons. The fraction of sp³-hybridized carbons (Fsp3) is 0.333. The number of rotatable bonds is 6. The highest BCUT2D eigenvalue weighted by Crippen LogP contribution is 2.28. The van der Waals surface area contributed by atoms with Gasteiger partial charge in [0.2, 0.25) is 5.91 Å². The van der Waals surface area contributed by atoms with Crippen LogP contribution in [0, 0.1) is 0 Å². The van der Waals surface area contributed by atoms with Gasteiger partial charge >= 0.3 is 0 Å². The molecule has 0 aliphatic carbocycles. The van der Waals surface area contributed by atoms with Crippen LogP contribution in [0.1, 0.15) is 10.4 Å². The molecule has 0 atom stereocenters. The van der Waals surface area contributed by atoms with Crippen LogP contribution in [-0.4, -0.2) is 73.7 Å². The average Bonchev–Trinajstić information content (AvgIpc) is 2.75. The van der Waals surface area contributed by atoms with Crippen LogP contribution in [0.3, 0.4) is 0 Å². The predicted molar refractivity (Wildman–Crippen MR) is 116 cm³/mol. The van der Waals surface area contributed by atoms with E-state index in [1.807, 2.05) is 4.90 Å². The van der Waals surface area contributed by atoms with E-state index in [1.165, 1.54) is 13.2 Å². The highest BCUT2D eigenvalue weighted by atomic mass is 35.5. The number of phenolic OH excluding ortho intramolecular Hbond substituents is 1. The van der Waals surface area contributed by atoms with E-state index in [9.17, 15) is 14.7 Å². The first-order valence-corrected chi connectivity index (χ1v) is 9.33. The molecule has 8 nitrogen and oxygen atoms in total. The molecule has 1 fully saturated rings. The maximum Gasteiger partial charge on any atom is 0.254 e. The summed E-state index contributed by atoms with van der Waals surface area (Å²) in [5.41, 5.74) is 0.924. The quantitative estimate of drug-likeness (QED) is 0.676. The Morgan fingerprint density at radius 1 is 1.00 bits per heavy atom.